The van der Waals surface area contributed by atoms with Crippen LogP contribution in [0.5, 0.6) is 0 Å². The van der Waals surface area contributed by atoms with Gasteiger partial charge in [-0.3, -0.25) is 4.79 Å². The molecule has 0 radical (unpaired) electrons. The van der Waals surface area contributed by atoms with Crippen molar-refractivity contribution in [1.29, 1.82) is 0 Å². The van der Waals surface area contributed by atoms with Gasteiger partial charge in [0.25, 0.3) is 0 Å². The number of benzene rings is 1. The van der Waals surface area contributed by atoms with Crippen LogP contribution < -0.4 is 5.32 Å². The highest BCUT2D eigenvalue weighted by molar-refractivity contribution is 6.10. The number of H-pyrrole nitrogens is 1. The smallest absolute Gasteiger partial charge is 0.181 e. The van der Waals surface area contributed by atoms with E-state index in [-0.39, 0.29) is 11.8 Å². The molecular formula is C21H26N2O. The highest BCUT2D eigenvalue weighted by Gasteiger charge is 2.48. The molecule has 0 unspecified atom stereocenters. The van der Waals surface area contributed by atoms with Gasteiger partial charge in [0, 0.05) is 28.7 Å². The van der Waals surface area contributed by atoms with Crippen LogP contribution in [-0.2, 0) is 0 Å². The average Bonchev–Trinajstić information content (AvgIpc) is 3.00. The first-order chi connectivity index (χ1) is 11.7. The molecule has 4 aliphatic carbocycles. The molecule has 2 aromatic rings. The Hall–Kier alpha value is -1.61. The number of aromatic amines is 1. The van der Waals surface area contributed by atoms with Gasteiger partial charge in [-0.15, -0.1) is 0 Å². The molecule has 0 saturated heterocycles. The quantitative estimate of drug-likeness (QED) is 0.831. The van der Waals surface area contributed by atoms with Crippen molar-refractivity contribution in [3.8, 4) is 0 Å². The zero-order valence-corrected chi connectivity index (χ0v) is 14.3. The SMILES string of the molecule is C[C@@H](NC1C2CC3CC(C2)CC1C3)C(=O)c1c[nH]c2ccccc12. The zero-order chi connectivity index (χ0) is 16.3. The van der Waals surface area contributed by atoms with Gasteiger partial charge in [0.05, 0.1) is 6.04 Å². The summed E-state index contributed by atoms with van der Waals surface area (Å²) >= 11 is 0. The Morgan fingerprint density at radius 1 is 1.08 bits per heavy atom. The molecule has 4 aliphatic rings. The molecule has 0 aliphatic heterocycles. The van der Waals surface area contributed by atoms with Gasteiger partial charge in [-0.05, 0) is 68.8 Å². The summed E-state index contributed by atoms with van der Waals surface area (Å²) in [6.45, 7) is 2.05. The number of rotatable bonds is 4. The topological polar surface area (TPSA) is 44.9 Å². The van der Waals surface area contributed by atoms with Gasteiger partial charge in [-0.25, -0.2) is 0 Å². The number of carbonyl (C=O) groups is 1. The van der Waals surface area contributed by atoms with Gasteiger partial charge in [0.15, 0.2) is 5.78 Å². The van der Waals surface area contributed by atoms with Crippen molar-refractivity contribution < 1.29 is 4.79 Å². The monoisotopic (exact) mass is 322 g/mol. The van der Waals surface area contributed by atoms with Crippen LogP contribution >= 0.6 is 0 Å². The third kappa shape index (κ3) is 2.25. The van der Waals surface area contributed by atoms with Crippen LogP contribution in [-0.4, -0.2) is 22.9 Å². The average molecular weight is 322 g/mol. The summed E-state index contributed by atoms with van der Waals surface area (Å²) < 4.78 is 0. The van der Waals surface area contributed by atoms with Crippen LogP contribution in [0, 0.1) is 23.7 Å². The van der Waals surface area contributed by atoms with E-state index in [4.69, 9.17) is 0 Å². The van der Waals surface area contributed by atoms with Gasteiger partial charge in [-0.1, -0.05) is 18.2 Å². The van der Waals surface area contributed by atoms with E-state index in [1.807, 2.05) is 30.5 Å². The Bertz CT molecular complexity index is 749. The minimum atomic E-state index is -0.105. The fraction of sp³-hybridized carbons (Fsp3) is 0.571. The molecule has 3 nitrogen and oxygen atoms in total. The molecule has 24 heavy (non-hydrogen) atoms. The van der Waals surface area contributed by atoms with Crippen molar-refractivity contribution in [2.45, 2.75) is 51.1 Å². The number of Topliss-reactive ketones (excluding diaryl/α,β-unsaturated/α-hetero) is 1. The first-order valence-corrected chi connectivity index (χ1v) is 9.55. The molecule has 1 aromatic carbocycles. The van der Waals surface area contributed by atoms with Crippen molar-refractivity contribution in [2.24, 2.45) is 23.7 Å². The lowest BCUT2D eigenvalue weighted by Gasteiger charge is -2.55. The van der Waals surface area contributed by atoms with Crippen molar-refractivity contribution in [3.63, 3.8) is 0 Å². The lowest BCUT2D eigenvalue weighted by Crippen LogP contribution is -2.57. The predicted molar refractivity (Wildman–Crippen MR) is 96.1 cm³/mol. The normalized spacial score (nSPS) is 35.5. The first kappa shape index (κ1) is 14.7. The van der Waals surface area contributed by atoms with Crippen molar-refractivity contribution in [3.05, 3.63) is 36.0 Å². The zero-order valence-electron chi connectivity index (χ0n) is 14.3. The molecule has 1 aromatic heterocycles. The molecule has 0 amide bonds. The minimum absolute atomic E-state index is 0.105. The maximum absolute atomic E-state index is 13.0. The highest BCUT2D eigenvalue weighted by atomic mass is 16.1. The van der Waals surface area contributed by atoms with Crippen LogP contribution in [0.3, 0.4) is 0 Å². The van der Waals surface area contributed by atoms with Gasteiger partial charge < -0.3 is 10.3 Å². The maximum atomic E-state index is 13.0. The van der Waals surface area contributed by atoms with E-state index < -0.39 is 0 Å². The second-order valence-corrected chi connectivity index (χ2v) is 8.46. The van der Waals surface area contributed by atoms with E-state index in [0.29, 0.717) is 6.04 Å². The van der Waals surface area contributed by atoms with Gasteiger partial charge in [-0.2, -0.15) is 0 Å². The summed E-state index contributed by atoms with van der Waals surface area (Å²) in [6.07, 6.45) is 8.90. The minimum Gasteiger partial charge on any atom is -0.360 e. The third-order valence-electron chi connectivity index (χ3n) is 6.92. The second kappa shape index (κ2) is 5.45. The summed E-state index contributed by atoms with van der Waals surface area (Å²) in [6, 6.07) is 8.52. The summed E-state index contributed by atoms with van der Waals surface area (Å²) in [5.41, 5.74) is 1.87. The van der Waals surface area contributed by atoms with E-state index in [1.165, 1.54) is 32.1 Å². The van der Waals surface area contributed by atoms with E-state index in [9.17, 15) is 4.79 Å². The van der Waals surface area contributed by atoms with Crippen LogP contribution in [0.4, 0.5) is 0 Å². The number of ketones is 1. The Morgan fingerprint density at radius 2 is 1.75 bits per heavy atom. The van der Waals surface area contributed by atoms with E-state index >= 15 is 0 Å². The number of fused-ring (bicyclic) bond motifs is 1. The van der Waals surface area contributed by atoms with Gasteiger partial charge in [0.1, 0.15) is 0 Å². The van der Waals surface area contributed by atoms with E-state index in [1.54, 1.807) is 0 Å². The van der Waals surface area contributed by atoms with E-state index in [0.717, 1.165) is 40.1 Å². The fourth-order valence-corrected chi connectivity index (χ4v) is 6.07. The largest absolute Gasteiger partial charge is 0.360 e. The molecule has 6 rings (SSSR count). The molecule has 1 atom stereocenters. The lowest BCUT2D eigenvalue weighted by molar-refractivity contribution is -0.0161. The molecule has 4 bridgehead atoms. The summed E-state index contributed by atoms with van der Waals surface area (Å²) in [5.74, 6) is 3.79. The summed E-state index contributed by atoms with van der Waals surface area (Å²) in [5, 5.41) is 4.79. The van der Waals surface area contributed by atoms with Gasteiger partial charge in [0.2, 0.25) is 0 Å². The summed E-state index contributed by atoms with van der Waals surface area (Å²) in [7, 11) is 0. The van der Waals surface area contributed by atoms with E-state index in [2.05, 4.69) is 17.2 Å². The van der Waals surface area contributed by atoms with Crippen molar-refractivity contribution >= 4 is 16.7 Å². The number of carbonyl (C=O) groups excluding carboxylic acids is 1. The molecule has 4 fully saturated rings. The van der Waals surface area contributed by atoms with Crippen LogP contribution in [0.15, 0.2) is 30.5 Å². The maximum Gasteiger partial charge on any atom is 0.181 e. The highest BCUT2D eigenvalue weighted by Crippen LogP contribution is 2.53. The molecule has 126 valence electrons. The molecule has 2 N–H and O–H groups in total. The second-order valence-electron chi connectivity index (χ2n) is 8.46. The Balaban J connectivity index is 1.35. The lowest BCUT2D eigenvalue weighted by atomic mass is 9.54. The van der Waals surface area contributed by atoms with Crippen LogP contribution in [0.2, 0.25) is 0 Å². The molecule has 4 saturated carbocycles. The van der Waals surface area contributed by atoms with Crippen LogP contribution in [0.25, 0.3) is 10.9 Å². The first-order valence-electron chi connectivity index (χ1n) is 9.55. The van der Waals surface area contributed by atoms with Gasteiger partial charge >= 0.3 is 0 Å². The number of para-hydroxylation sites is 1. The standard InChI is InChI=1S/C21H26N2O/c1-12(21(24)18-11-22-19-5-3-2-4-17(18)19)23-20-15-7-13-6-14(9-15)10-16(20)8-13/h2-5,11-16,20,22-23H,6-10H2,1H3/t12-,13?,14?,15?,16?,20?/m1/s1. The molecule has 3 heteroatoms. The van der Waals surface area contributed by atoms with Crippen molar-refractivity contribution in [1.82, 2.24) is 10.3 Å². The number of nitrogens with one attached hydrogen (secondary N) is 2. The predicted octanol–water partition coefficient (Wildman–Crippen LogP) is 4.15. The Kier molecular flexibility index (Phi) is 3.34. The molecule has 1 heterocycles. The molecular weight excluding hydrogens is 296 g/mol. The van der Waals surface area contributed by atoms with Crippen molar-refractivity contribution in [2.75, 3.05) is 0 Å². The summed E-state index contributed by atoms with van der Waals surface area (Å²) in [4.78, 5) is 16.2. The number of aromatic nitrogens is 1. The third-order valence-corrected chi connectivity index (χ3v) is 6.92. The molecule has 0 spiro atoms. The van der Waals surface area contributed by atoms with Crippen LogP contribution in [0.1, 0.15) is 49.4 Å². The number of hydrogen-bond donors (Lipinski definition) is 2. The Labute approximate surface area is 143 Å². The fourth-order valence-electron chi connectivity index (χ4n) is 6.07. The Morgan fingerprint density at radius 3 is 2.46 bits per heavy atom. The number of hydrogen-bond acceptors (Lipinski definition) is 2.